The van der Waals surface area contributed by atoms with E-state index in [0.29, 0.717) is 6.42 Å². The molecule has 3 heteroatoms. The van der Waals surface area contributed by atoms with Gasteiger partial charge in [0, 0.05) is 0 Å². The van der Waals surface area contributed by atoms with E-state index in [0.717, 1.165) is 6.16 Å². The van der Waals surface area contributed by atoms with E-state index in [4.69, 9.17) is 4.74 Å². The van der Waals surface area contributed by atoms with Gasteiger partial charge in [0.15, 0.2) is 0 Å². The summed E-state index contributed by atoms with van der Waals surface area (Å²) in [5.74, 6) is -0.153. The van der Waals surface area contributed by atoms with Gasteiger partial charge in [0.1, 0.15) is 0 Å². The van der Waals surface area contributed by atoms with Gasteiger partial charge in [0.2, 0.25) is 0 Å². The molecular weight excluding hydrogens is 327 g/mol. The van der Waals surface area contributed by atoms with Gasteiger partial charge < -0.3 is 0 Å². The first-order valence-corrected chi connectivity index (χ1v) is 10.7. The van der Waals surface area contributed by atoms with Crippen molar-refractivity contribution in [2.24, 2.45) is 0 Å². The summed E-state index contributed by atoms with van der Waals surface area (Å²) in [5, 5.41) is 3.95. The molecule has 25 heavy (non-hydrogen) atoms. The number of rotatable bonds is 6. The third-order valence-corrected chi connectivity index (χ3v) is 9.69. The molecule has 3 aromatic rings. The zero-order valence-corrected chi connectivity index (χ0v) is 15.4. The van der Waals surface area contributed by atoms with E-state index in [1.54, 1.807) is 0 Å². The van der Waals surface area contributed by atoms with E-state index >= 15 is 0 Å². The maximum absolute atomic E-state index is 12.0. The summed E-state index contributed by atoms with van der Waals surface area (Å²) < 4.78 is 4.94. The Hall–Kier alpha value is -2.44. The molecule has 3 aromatic carbocycles. The van der Waals surface area contributed by atoms with Crippen LogP contribution in [0.25, 0.3) is 0 Å². The van der Waals surface area contributed by atoms with E-state index < -0.39 is 7.26 Å². The van der Waals surface area contributed by atoms with Crippen molar-refractivity contribution < 1.29 is 9.53 Å². The second-order valence-corrected chi connectivity index (χ2v) is 10.1. The molecule has 0 saturated heterocycles. The molecule has 0 aliphatic rings. The van der Waals surface area contributed by atoms with Crippen molar-refractivity contribution in [1.29, 1.82) is 0 Å². The predicted molar refractivity (Wildman–Crippen MR) is 108 cm³/mol. The van der Waals surface area contributed by atoms with Gasteiger partial charge in [-0.05, 0) is 0 Å². The van der Waals surface area contributed by atoms with Crippen molar-refractivity contribution >= 4 is 29.1 Å². The van der Waals surface area contributed by atoms with Gasteiger partial charge >= 0.3 is 149 Å². The van der Waals surface area contributed by atoms with Gasteiger partial charge in [-0.1, -0.05) is 0 Å². The molecule has 0 bridgehead atoms. The average molecular weight is 350 g/mol. The molecule has 128 valence electrons. The number of carbonyl (C=O) groups is 1. The average Bonchev–Trinajstić information content (AvgIpc) is 2.71. The Bertz CT molecular complexity index is 705. The van der Waals surface area contributed by atoms with Crippen LogP contribution in [0, 0.1) is 0 Å². The van der Waals surface area contributed by atoms with Gasteiger partial charge in [-0.3, -0.25) is 0 Å². The van der Waals surface area contributed by atoms with Gasteiger partial charge in [-0.15, -0.1) is 0 Å². The first-order valence-electron chi connectivity index (χ1n) is 8.51. The van der Waals surface area contributed by atoms with E-state index in [1.807, 2.05) is 18.2 Å². The van der Waals surface area contributed by atoms with Gasteiger partial charge in [-0.2, -0.15) is 0 Å². The fourth-order valence-electron chi connectivity index (χ4n) is 3.49. The molecule has 0 N–H and O–H groups in total. The normalized spacial score (nSPS) is 11.7. The molecule has 2 nitrogen and oxygen atoms in total. The van der Waals surface area contributed by atoms with E-state index in [9.17, 15) is 4.79 Å². The fourth-order valence-corrected chi connectivity index (χ4v) is 8.22. The van der Waals surface area contributed by atoms with Crippen LogP contribution in [0.1, 0.15) is 6.42 Å². The Morgan fingerprint density at radius 1 is 0.720 bits per heavy atom. The minimum atomic E-state index is -2.30. The third-order valence-electron chi connectivity index (χ3n) is 4.73. The zero-order valence-electron chi connectivity index (χ0n) is 14.4. The summed E-state index contributed by atoms with van der Waals surface area (Å²) in [4.78, 5) is 12.0. The second kappa shape index (κ2) is 8.09. The van der Waals surface area contributed by atoms with Crippen molar-refractivity contribution in [3.8, 4) is 0 Å². The van der Waals surface area contributed by atoms with E-state index in [2.05, 4.69) is 72.8 Å². The van der Waals surface area contributed by atoms with Gasteiger partial charge in [-0.25, -0.2) is 0 Å². The molecule has 0 aliphatic heterocycles. The molecule has 0 saturated carbocycles. The molecule has 0 amide bonds. The zero-order chi connectivity index (χ0) is 17.5. The third kappa shape index (κ3) is 3.65. The number of hydrogen-bond acceptors (Lipinski definition) is 2. The van der Waals surface area contributed by atoms with Crippen molar-refractivity contribution in [2.75, 3.05) is 13.3 Å². The molecule has 0 aliphatic carbocycles. The number of hydrogen-bond donors (Lipinski definition) is 0. The Labute approximate surface area is 149 Å². The summed E-state index contributed by atoms with van der Waals surface area (Å²) in [7, 11) is -0.846. The van der Waals surface area contributed by atoms with Crippen molar-refractivity contribution in [1.82, 2.24) is 0 Å². The second-order valence-electron chi connectivity index (χ2n) is 6.08. The van der Waals surface area contributed by atoms with Gasteiger partial charge in [0.05, 0.1) is 0 Å². The topological polar surface area (TPSA) is 26.3 Å². The quantitative estimate of drug-likeness (QED) is 0.504. The summed E-state index contributed by atoms with van der Waals surface area (Å²) in [6.07, 6.45) is 1.21. The predicted octanol–water partition coefficient (Wildman–Crippen LogP) is 3.28. The Balaban J connectivity index is 2.22. The SMILES string of the molecule is COC(=O)CC[PH](c1ccccc1)(c1ccccc1)c1ccccc1. The van der Waals surface area contributed by atoms with E-state index in [1.165, 1.54) is 23.0 Å². The van der Waals surface area contributed by atoms with Crippen LogP contribution in [-0.4, -0.2) is 19.2 Å². The van der Waals surface area contributed by atoms with Crippen LogP contribution in [0.3, 0.4) is 0 Å². The first-order chi connectivity index (χ1) is 12.3. The summed E-state index contributed by atoms with van der Waals surface area (Å²) in [5.41, 5.74) is 0. The summed E-state index contributed by atoms with van der Waals surface area (Å²) >= 11 is 0. The fraction of sp³-hybridized carbons (Fsp3) is 0.136. The number of carbonyl (C=O) groups excluding carboxylic acids is 1. The van der Waals surface area contributed by atoms with Crippen LogP contribution in [0.2, 0.25) is 0 Å². The molecule has 0 radical (unpaired) electrons. The Morgan fingerprint density at radius 3 is 1.40 bits per heavy atom. The molecule has 0 unspecified atom stereocenters. The molecule has 0 spiro atoms. The molecule has 0 fully saturated rings. The monoisotopic (exact) mass is 350 g/mol. The minimum absolute atomic E-state index is 0.153. The van der Waals surface area contributed by atoms with Crippen LogP contribution >= 0.6 is 7.26 Å². The van der Waals surface area contributed by atoms with Crippen molar-refractivity contribution in [3.63, 3.8) is 0 Å². The van der Waals surface area contributed by atoms with Crippen LogP contribution in [0.15, 0.2) is 91.0 Å². The van der Waals surface area contributed by atoms with Crippen molar-refractivity contribution in [3.05, 3.63) is 91.0 Å². The van der Waals surface area contributed by atoms with Crippen molar-refractivity contribution in [2.45, 2.75) is 6.42 Å². The molecule has 0 heterocycles. The molecular formula is C22H23O2P. The summed E-state index contributed by atoms with van der Waals surface area (Å²) in [6.45, 7) is 0. The molecule has 0 atom stereocenters. The van der Waals surface area contributed by atoms with Crippen LogP contribution < -0.4 is 15.9 Å². The molecule has 0 aromatic heterocycles. The van der Waals surface area contributed by atoms with Crippen LogP contribution in [0.5, 0.6) is 0 Å². The van der Waals surface area contributed by atoms with Gasteiger partial charge in [0.25, 0.3) is 0 Å². The molecule has 3 rings (SSSR count). The number of benzene rings is 3. The maximum atomic E-state index is 12.0. The van der Waals surface area contributed by atoms with Crippen LogP contribution in [0.4, 0.5) is 0 Å². The first kappa shape index (κ1) is 17.4. The Kier molecular flexibility index (Phi) is 5.63. The number of methoxy groups -OCH3 is 1. The number of ether oxygens (including phenoxy) is 1. The van der Waals surface area contributed by atoms with E-state index in [-0.39, 0.29) is 5.97 Å². The Morgan fingerprint density at radius 2 is 1.08 bits per heavy atom. The number of esters is 1. The van der Waals surface area contributed by atoms with Crippen LogP contribution in [-0.2, 0) is 9.53 Å². The summed E-state index contributed by atoms with van der Waals surface area (Å²) in [6, 6.07) is 31.8. The standard InChI is InChI=1S/C22H23O2P/c1-24-22(23)17-18-25(19-11-5-2-6-12-19,20-13-7-3-8-14-20)21-15-9-4-10-16-21/h2-16,25H,17-18H2,1H3.